The van der Waals surface area contributed by atoms with Gasteiger partial charge >= 0.3 is 5.97 Å². The number of aryl methyl sites for hydroxylation is 1. The van der Waals surface area contributed by atoms with Crippen LogP contribution in [-0.4, -0.2) is 28.5 Å². The van der Waals surface area contributed by atoms with Gasteiger partial charge in [-0.25, -0.2) is 4.79 Å². The number of aromatic carboxylic acids is 1. The monoisotopic (exact) mass is 535 g/mol. The normalized spacial score (nSPS) is 13.3. The molecule has 8 heteroatoms. The van der Waals surface area contributed by atoms with E-state index in [1.807, 2.05) is 61.5 Å². The van der Waals surface area contributed by atoms with Crippen LogP contribution in [0.4, 0.5) is 11.4 Å². The minimum absolute atomic E-state index is 0.0123. The summed E-state index contributed by atoms with van der Waals surface area (Å²) in [5.74, 6) is -1.15. The number of carbonyl (C=O) groups excluding carboxylic acids is 1. The number of non-ortho nitro benzene ring substituents is 1. The molecule has 1 amide bonds. The fraction of sp³-hybridized carbons (Fsp3) is 0.188. The summed E-state index contributed by atoms with van der Waals surface area (Å²) in [7, 11) is 0. The summed E-state index contributed by atoms with van der Waals surface area (Å²) in [5, 5.41) is 23.5. The zero-order valence-corrected chi connectivity index (χ0v) is 22.0. The van der Waals surface area contributed by atoms with Crippen molar-refractivity contribution in [1.29, 1.82) is 0 Å². The van der Waals surface area contributed by atoms with Gasteiger partial charge in [0, 0.05) is 36.5 Å². The highest BCUT2D eigenvalue weighted by Gasteiger charge is 2.20. The van der Waals surface area contributed by atoms with Crippen LogP contribution in [0, 0.1) is 10.1 Å². The lowest BCUT2D eigenvalue weighted by atomic mass is 9.96. The lowest BCUT2D eigenvalue weighted by Gasteiger charge is -2.32. The molecule has 40 heavy (non-hydrogen) atoms. The van der Waals surface area contributed by atoms with Crippen LogP contribution in [0.3, 0.4) is 0 Å². The number of anilines is 1. The van der Waals surface area contributed by atoms with E-state index in [1.165, 1.54) is 12.1 Å². The van der Waals surface area contributed by atoms with Crippen LogP contribution in [0.1, 0.15) is 56.8 Å². The van der Waals surface area contributed by atoms with Crippen LogP contribution in [0.5, 0.6) is 0 Å². The van der Waals surface area contributed by atoms with Gasteiger partial charge in [0.05, 0.1) is 16.5 Å². The van der Waals surface area contributed by atoms with Crippen LogP contribution in [0.15, 0.2) is 91.0 Å². The number of amides is 1. The van der Waals surface area contributed by atoms with Crippen molar-refractivity contribution in [1.82, 2.24) is 5.32 Å². The van der Waals surface area contributed by atoms with Gasteiger partial charge in [-0.05, 0) is 77.9 Å². The zero-order chi connectivity index (χ0) is 28.2. The number of nitro benzene ring substituents is 1. The van der Waals surface area contributed by atoms with E-state index in [0.29, 0.717) is 17.7 Å². The molecule has 4 aromatic carbocycles. The summed E-state index contributed by atoms with van der Waals surface area (Å²) >= 11 is 0. The maximum atomic E-state index is 13.0. The highest BCUT2D eigenvalue weighted by atomic mass is 16.6. The molecule has 1 aliphatic heterocycles. The van der Waals surface area contributed by atoms with Crippen molar-refractivity contribution in [3.63, 3.8) is 0 Å². The summed E-state index contributed by atoms with van der Waals surface area (Å²) in [6.45, 7) is 3.40. The number of hydrogen-bond donors (Lipinski definition) is 2. The first kappa shape index (κ1) is 26.6. The lowest BCUT2D eigenvalue weighted by Crippen LogP contribution is -2.30. The summed E-state index contributed by atoms with van der Waals surface area (Å²) in [4.78, 5) is 37.5. The van der Waals surface area contributed by atoms with E-state index in [4.69, 9.17) is 0 Å². The van der Waals surface area contributed by atoms with E-state index < -0.39 is 10.9 Å². The molecular weight excluding hydrogens is 506 g/mol. The molecule has 0 saturated heterocycles. The molecule has 0 saturated carbocycles. The minimum Gasteiger partial charge on any atom is -0.478 e. The molecule has 0 aromatic heterocycles. The minimum atomic E-state index is -0.951. The first-order chi connectivity index (χ1) is 19.3. The Morgan fingerprint density at radius 3 is 2.52 bits per heavy atom. The number of fused-ring (bicyclic) bond motifs is 1. The number of benzene rings is 4. The molecule has 8 nitrogen and oxygen atoms in total. The van der Waals surface area contributed by atoms with Crippen molar-refractivity contribution in [2.75, 3.05) is 11.4 Å². The van der Waals surface area contributed by atoms with Crippen molar-refractivity contribution >= 4 is 23.3 Å². The summed E-state index contributed by atoms with van der Waals surface area (Å²) in [5.41, 5.74) is 6.46. The number of nitrogens with zero attached hydrogens (tertiary/aromatic N) is 2. The van der Waals surface area contributed by atoms with Crippen molar-refractivity contribution in [2.24, 2.45) is 0 Å². The predicted octanol–water partition coefficient (Wildman–Crippen LogP) is 6.40. The third kappa shape index (κ3) is 5.71. The smallest absolute Gasteiger partial charge is 0.336 e. The van der Waals surface area contributed by atoms with Crippen molar-refractivity contribution in [3.8, 4) is 11.1 Å². The molecule has 2 N–H and O–H groups in total. The number of carbonyl (C=O) groups is 2. The highest BCUT2D eigenvalue weighted by Crippen LogP contribution is 2.31. The largest absolute Gasteiger partial charge is 0.478 e. The summed E-state index contributed by atoms with van der Waals surface area (Å²) < 4.78 is 0. The maximum Gasteiger partial charge on any atom is 0.336 e. The van der Waals surface area contributed by atoms with Crippen LogP contribution < -0.4 is 10.2 Å². The molecule has 5 rings (SSSR count). The zero-order valence-electron chi connectivity index (χ0n) is 22.0. The Hall–Kier alpha value is -4.98. The van der Waals surface area contributed by atoms with Crippen LogP contribution in [0.25, 0.3) is 11.1 Å². The summed E-state index contributed by atoms with van der Waals surface area (Å²) in [6.07, 6.45) is 1.83. The van der Waals surface area contributed by atoms with Gasteiger partial charge in [-0.1, -0.05) is 48.5 Å². The van der Waals surface area contributed by atoms with Gasteiger partial charge in [-0.2, -0.15) is 0 Å². The first-order valence-corrected chi connectivity index (χ1v) is 13.1. The second-order valence-corrected chi connectivity index (χ2v) is 9.96. The number of carboxylic acid groups (broad SMARTS) is 1. The Balaban J connectivity index is 1.31. The van der Waals surface area contributed by atoms with Crippen molar-refractivity contribution in [2.45, 2.75) is 32.4 Å². The second kappa shape index (κ2) is 11.4. The molecule has 0 fully saturated rings. The van der Waals surface area contributed by atoms with Gasteiger partial charge in [-0.15, -0.1) is 0 Å². The highest BCUT2D eigenvalue weighted by molar-refractivity contribution is 5.96. The number of carboxylic acids is 1. The van der Waals surface area contributed by atoms with Gasteiger partial charge in [0.15, 0.2) is 0 Å². The van der Waals surface area contributed by atoms with Gasteiger partial charge in [-0.3, -0.25) is 14.9 Å². The topological polar surface area (TPSA) is 113 Å². The molecular formula is C32H29N3O5. The van der Waals surface area contributed by atoms with E-state index in [1.54, 1.807) is 24.3 Å². The number of hydrogen-bond acceptors (Lipinski definition) is 5. The number of nitrogens with one attached hydrogen (secondary N) is 1. The summed E-state index contributed by atoms with van der Waals surface area (Å²) in [6, 6.07) is 26.6. The number of rotatable bonds is 8. The Morgan fingerprint density at radius 2 is 1.77 bits per heavy atom. The molecule has 202 valence electrons. The Kier molecular flexibility index (Phi) is 7.59. The fourth-order valence-electron chi connectivity index (χ4n) is 5.21. The molecule has 0 unspecified atom stereocenters. The predicted molar refractivity (Wildman–Crippen MR) is 154 cm³/mol. The molecule has 0 spiro atoms. The average molecular weight is 536 g/mol. The van der Waals surface area contributed by atoms with E-state index in [2.05, 4.69) is 10.2 Å². The van der Waals surface area contributed by atoms with E-state index in [0.717, 1.165) is 47.3 Å². The quantitative estimate of drug-likeness (QED) is 0.199. The van der Waals surface area contributed by atoms with Gasteiger partial charge in [0.25, 0.3) is 11.6 Å². The third-order valence-corrected chi connectivity index (χ3v) is 7.28. The Bertz CT molecular complexity index is 1580. The van der Waals surface area contributed by atoms with E-state index in [9.17, 15) is 24.8 Å². The standard InChI is InChI=1S/C32H29N3O5/c1-21(23-11-14-27(15-12-23)35(39)40)33-31(36)26-13-16-30-25(19-26)8-5-17-34(30)20-22-6-4-7-24(18-22)28-9-2-3-10-29(28)32(37)38/h2-4,6-7,9-16,18-19,21H,5,8,17,20H2,1H3,(H,33,36)(H,37,38)/t21-/m0/s1. The fourth-order valence-corrected chi connectivity index (χ4v) is 5.21. The third-order valence-electron chi connectivity index (χ3n) is 7.28. The molecule has 1 heterocycles. The Labute approximate surface area is 232 Å². The molecule has 1 aliphatic rings. The van der Waals surface area contributed by atoms with Crippen LogP contribution in [-0.2, 0) is 13.0 Å². The molecule has 0 aliphatic carbocycles. The average Bonchev–Trinajstić information content (AvgIpc) is 2.97. The van der Waals surface area contributed by atoms with Gasteiger partial charge < -0.3 is 15.3 Å². The SMILES string of the molecule is C[C@H](NC(=O)c1ccc2c(c1)CCCN2Cc1cccc(-c2ccccc2C(=O)O)c1)c1ccc([N+](=O)[O-])cc1. The first-order valence-electron chi connectivity index (χ1n) is 13.1. The van der Waals surface area contributed by atoms with Crippen LogP contribution in [0.2, 0.25) is 0 Å². The number of nitro groups is 1. The van der Waals surface area contributed by atoms with Crippen molar-refractivity contribution < 1.29 is 19.6 Å². The Morgan fingerprint density at radius 1 is 1.00 bits per heavy atom. The molecule has 0 radical (unpaired) electrons. The van der Waals surface area contributed by atoms with E-state index >= 15 is 0 Å². The van der Waals surface area contributed by atoms with Crippen molar-refractivity contribution in [3.05, 3.63) is 129 Å². The second-order valence-electron chi connectivity index (χ2n) is 9.96. The molecule has 0 bridgehead atoms. The maximum absolute atomic E-state index is 13.0. The van der Waals surface area contributed by atoms with E-state index in [-0.39, 0.29) is 23.2 Å². The molecule has 4 aromatic rings. The molecule has 1 atom stereocenters. The van der Waals surface area contributed by atoms with Crippen LogP contribution >= 0.6 is 0 Å². The van der Waals surface area contributed by atoms with Gasteiger partial charge in [0.1, 0.15) is 0 Å². The lowest BCUT2D eigenvalue weighted by molar-refractivity contribution is -0.384. The van der Waals surface area contributed by atoms with Gasteiger partial charge in [0.2, 0.25) is 0 Å².